The maximum Gasteiger partial charge on any atom is 0.237 e. The van der Waals surface area contributed by atoms with Gasteiger partial charge in [-0.15, -0.1) is 16.8 Å². The highest BCUT2D eigenvalue weighted by molar-refractivity contribution is 7.99. The van der Waals surface area contributed by atoms with Gasteiger partial charge in [0, 0.05) is 18.8 Å². The fraction of sp³-hybridized carbons (Fsp3) is 0.292. The Balaban J connectivity index is 1.32. The second-order valence-corrected chi connectivity index (χ2v) is 8.61. The van der Waals surface area contributed by atoms with Gasteiger partial charge in [0.2, 0.25) is 5.91 Å². The van der Waals surface area contributed by atoms with Crippen LogP contribution in [0.2, 0.25) is 0 Å². The van der Waals surface area contributed by atoms with Crippen LogP contribution in [0.3, 0.4) is 0 Å². The molecule has 0 N–H and O–H groups in total. The number of anilines is 1. The van der Waals surface area contributed by atoms with Gasteiger partial charge in [-0.2, -0.15) is 0 Å². The minimum atomic E-state index is -0.378. The Bertz CT molecular complexity index is 1150. The maximum absolute atomic E-state index is 13.0. The first-order valence-electron chi connectivity index (χ1n) is 10.7. The Kier molecular flexibility index (Phi) is 5.85. The van der Waals surface area contributed by atoms with Crippen molar-refractivity contribution in [1.82, 2.24) is 14.8 Å². The summed E-state index contributed by atoms with van der Waals surface area (Å²) < 4.78 is 13.9. The number of carbonyl (C=O) groups is 1. The predicted molar refractivity (Wildman–Crippen MR) is 123 cm³/mol. The molecule has 2 aliphatic heterocycles. The Morgan fingerprint density at radius 1 is 1.16 bits per heavy atom. The van der Waals surface area contributed by atoms with Crippen LogP contribution in [0.15, 0.2) is 66.3 Å². The molecule has 7 nitrogen and oxygen atoms in total. The van der Waals surface area contributed by atoms with Gasteiger partial charge in [-0.1, -0.05) is 48.2 Å². The quantitative estimate of drug-likeness (QED) is 0.419. The summed E-state index contributed by atoms with van der Waals surface area (Å²) in [7, 11) is 0. The summed E-state index contributed by atoms with van der Waals surface area (Å²) >= 11 is 1.39. The van der Waals surface area contributed by atoms with Crippen molar-refractivity contribution in [2.24, 2.45) is 0 Å². The van der Waals surface area contributed by atoms with Crippen LogP contribution in [0.1, 0.15) is 23.9 Å². The third kappa shape index (κ3) is 3.98. The van der Waals surface area contributed by atoms with Gasteiger partial charge in [0.25, 0.3) is 0 Å². The number of ether oxygens (including phenoxy) is 2. The average Bonchev–Trinajstić information content (AvgIpc) is 3.24. The first-order valence-corrected chi connectivity index (χ1v) is 11.7. The lowest BCUT2D eigenvalue weighted by Gasteiger charge is -2.29. The molecule has 1 amide bonds. The molecule has 1 aromatic heterocycles. The molecule has 0 saturated heterocycles. The normalized spacial score (nSPS) is 17.0. The Labute approximate surface area is 191 Å². The number of allylic oxidation sites excluding steroid dienone is 1. The van der Waals surface area contributed by atoms with Crippen LogP contribution in [0.5, 0.6) is 11.5 Å². The van der Waals surface area contributed by atoms with E-state index in [0.29, 0.717) is 29.9 Å². The minimum Gasteiger partial charge on any atom is -0.485 e. The van der Waals surface area contributed by atoms with E-state index in [1.165, 1.54) is 17.3 Å². The van der Waals surface area contributed by atoms with Crippen molar-refractivity contribution in [1.29, 1.82) is 0 Å². The number of fused-ring (bicyclic) bond motifs is 2. The van der Waals surface area contributed by atoms with Gasteiger partial charge in [-0.25, -0.2) is 0 Å². The van der Waals surface area contributed by atoms with Crippen molar-refractivity contribution in [2.75, 3.05) is 23.8 Å². The molecule has 0 saturated carbocycles. The van der Waals surface area contributed by atoms with Gasteiger partial charge in [-0.3, -0.25) is 9.36 Å². The molecule has 1 atom stereocenters. The molecular weight excluding hydrogens is 424 g/mol. The number of aromatic nitrogens is 3. The van der Waals surface area contributed by atoms with Crippen molar-refractivity contribution in [2.45, 2.75) is 30.6 Å². The van der Waals surface area contributed by atoms with E-state index in [2.05, 4.69) is 22.8 Å². The van der Waals surface area contributed by atoms with Gasteiger partial charge in [-0.05, 0) is 36.6 Å². The molecule has 8 heteroatoms. The molecule has 5 rings (SSSR count). The van der Waals surface area contributed by atoms with E-state index in [1.54, 1.807) is 6.08 Å². The summed E-state index contributed by atoms with van der Waals surface area (Å²) in [5, 5.41) is 9.39. The number of para-hydroxylation sites is 3. The number of hydrogen-bond acceptors (Lipinski definition) is 6. The van der Waals surface area contributed by atoms with Gasteiger partial charge in [0.1, 0.15) is 6.61 Å². The lowest BCUT2D eigenvalue weighted by atomic mass is 10.0. The van der Waals surface area contributed by atoms with Crippen molar-refractivity contribution in [3.63, 3.8) is 0 Å². The summed E-state index contributed by atoms with van der Waals surface area (Å²) in [6, 6.07) is 15.7. The summed E-state index contributed by atoms with van der Waals surface area (Å²) in [5.41, 5.74) is 2.24. The highest BCUT2D eigenvalue weighted by Crippen LogP contribution is 2.36. The van der Waals surface area contributed by atoms with E-state index in [1.807, 2.05) is 51.9 Å². The molecule has 3 aromatic rings. The van der Waals surface area contributed by atoms with Crippen LogP contribution in [0, 0.1) is 0 Å². The maximum atomic E-state index is 13.0. The van der Waals surface area contributed by atoms with Crippen LogP contribution in [-0.2, 0) is 17.8 Å². The first kappa shape index (κ1) is 20.6. The zero-order valence-electron chi connectivity index (χ0n) is 17.6. The monoisotopic (exact) mass is 448 g/mol. The topological polar surface area (TPSA) is 69.5 Å². The van der Waals surface area contributed by atoms with E-state index in [9.17, 15) is 4.79 Å². The van der Waals surface area contributed by atoms with E-state index >= 15 is 0 Å². The van der Waals surface area contributed by atoms with Crippen LogP contribution in [0.25, 0.3) is 0 Å². The molecule has 3 heterocycles. The standard InChI is InChI=1S/C24H24N4O3S/c1-2-13-28-23(21-15-30-19-11-5-6-12-20(19)31-21)25-26-24(28)32-16-22(29)27-14-7-9-17-8-3-4-10-18(17)27/h2-6,8,10-12,21H,1,7,9,13-16H2/t21-/m1/s1. The number of hydrogen-bond donors (Lipinski definition) is 0. The van der Waals surface area contributed by atoms with E-state index in [-0.39, 0.29) is 17.8 Å². The molecule has 0 fully saturated rings. The van der Waals surface area contributed by atoms with Crippen molar-refractivity contribution in [3.05, 3.63) is 72.6 Å². The summed E-state index contributed by atoms with van der Waals surface area (Å²) in [6.07, 6.45) is 3.40. The molecule has 0 spiro atoms. The van der Waals surface area contributed by atoms with Gasteiger partial charge in [0.15, 0.2) is 28.6 Å². The van der Waals surface area contributed by atoms with Crippen LogP contribution in [0.4, 0.5) is 5.69 Å². The number of benzene rings is 2. The Morgan fingerprint density at radius 2 is 1.97 bits per heavy atom. The molecule has 2 aliphatic rings. The minimum absolute atomic E-state index is 0.0723. The predicted octanol–water partition coefficient (Wildman–Crippen LogP) is 4.05. The Morgan fingerprint density at radius 3 is 2.84 bits per heavy atom. The largest absolute Gasteiger partial charge is 0.485 e. The number of amides is 1. The average molecular weight is 449 g/mol. The van der Waals surface area contributed by atoms with Crippen molar-refractivity contribution >= 4 is 23.4 Å². The molecule has 2 aromatic carbocycles. The van der Waals surface area contributed by atoms with Gasteiger partial charge < -0.3 is 14.4 Å². The van der Waals surface area contributed by atoms with Crippen molar-refractivity contribution in [3.8, 4) is 11.5 Å². The van der Waals surface area contributed by atoms with Gasteiger partial charge >= 0.3 is 0 Å². The molecule has 32 heavy (non-hydrogen) atoms. The molecule has 0 aliphatic carbocycles. The van der Waals surface area contributed by atoms with Crippen LogP contribution >= 0.6 is 11.8 Å². The fourth-order valence-corrected chi connectivity index (χ4v) is 4.92. The summed E-state index contributed by atoms with van der Waals surface area (Å²) in [4.78, 5) is 14.9. The number of carbonyl (C=O) groups excluding carboxylic acids is 1. The SMILES string of the molecule is C=CCn1c(SCC(=O)N2CCCc3ccccc32)nnc1[C@H]1COc2ccccc2O1. The fourth-order valence-electron chi connectivity index (χ4n) is 4.09. The smallest absolute Gasteiger partial charge is 0.237 e. The molecule has 0 bridgehead atoms. The zero-order chi connectivity index (χ0) is 21.9. The van der Waals surface area contributed by atoms with Gasteiger partial charge in [0.05, 0.1) is 5.75 Å². The highest BCUT2D eigenvalue weighted by Gasteiger charge is 2.29. The lowest BCUT2D eigenvalue weighted by molar-refractivity contribution is -0.116. The third-order valence-corrected chi connectivity index (χ3v) is 6.54. The number of aryl methyl sites for hydroxylation is 1. The Hall–Kier alpha value is -3.26. The molecule has 0 unspecified atom stereocenters. The van der Waals surface area contributed by atoms with E-state index in [4.69, 9.17) is 9.47 Å². The first-order chi connectivity index (χ1) is 15.7. The van der Waals surface area contributed by atoms with E-state index < -0.39 is 0 Å². The number of thioether (sulfide) groups is 1. The second kappa shape index (κ2) is 9.08. The molecule has 164 valence electrons. The molecular formula is C24H24N4O3S. The highest BCUT2D eigenvalue weighted by atomic mass is 32.2. The lowest BCUT2D eigenvalue weighted by Crippen LogP contribution is -2.36. The third-order valence-electron chi connectivity index (χ3n) is 5.59. The second-order valence-electron chi connectivity index (χ2n) is 7.67. The summed E-state index contributed by atoms with van der Waals surface area (Å²) in [5.74, 6) is 2.43. The van der Waals surface area contributed by atoms with Crippen LogP contribution in [-0.4, -0.2) is 39.6 Å². The zero-order valence-corrected chi connectivity index (χ0v) is 18.5. The van der Waals surface area contributed by atoms with E-state index in [0.717, 1.165) is 30.8 Å². The number of rotatable bonds is 6. The van der Waals surface area contributed by atoms with Crippen LogP contribution < -0.4 is 14.4 Å². The molecule has 0 radical (unpaired) electrons. The summed E-state index contributed by atoms with van der Waals surface area (Å²) in [6.45, 7) is 5.47. The number of nitrogens with zero attached hydrogens (tertiary/aromatic N) is 4. The van der Waals surface area contributed by atoms with Crippen molar-refractivity contribution < 1.29 is 14.3 Å².